The van der Waals surface area contributed by atoms with Gasteiger partial charge in [-0.05, 0) is 92.9 Å². The minimum Gasteiger partial charge on any atom is -0.495 e. The molecular weight excluding hydrogens is 604 g/mol. The first-order chi connectivity index (χ1) is 23.2. The van der Waals surface area contributed by atoms with E-state index in [4.69, 9.17) is 14.5 Å². The van der Waals surface area contributed by atoms with Crippen molar-refractivity contribution in [3.05, 3.63) is 95.2 Å². The van der Waals surface area contributed by atoms with Crippen molar-refractivity contribution in [1.29, 1.82) is 0 Å². The van der Waals surface area contributed by atoms with Crippen LogP contribution in [0.4, 0.5) is 27.9 Å². The molecule has 1 N–H and O–H groups in total. The Labute approximate surface area is 284 Å². The number of amides is 2. The van der Waals surface area contributed by atoms with Gasteiger partial charge in [0, 0.05) is 43.7 Å². The lowest BCUT2D eigenvalue weighted by Gasteiger charge is -2.24. The van der Waals surface area contributed by atoms with Crippen LogP contribution in [0, 0.1) is 13.8 Å². The topological polar surface area (TPSA) is 100 Å². The third-order valence-electron chi connectivity index (χ3n) is 8.34. The summed E-state index contributed by atoms with van der Waals surface area (Å²) in [6, 6.07) is 20.4. The van der Waals surface area contributed by atoms with E-state index in [1.165, 1.54) is 4.90 Å². The molecule has 0 saturated heterocycles. The fraction of sp³-hybridized carbons (Fsp3) is 0.368. The van der Waals surface area contributed by atoms with E-state index < -0.39 is 6.09 Å². The van der Waals surface area contributed by atoms with Crippen molar-refractivity contribution in [2.45, 2.75) is 53.9 Å². The van der Waals surface area contributed by atoms with E-state index in [-0.39, 0.29) is 11.9 Å². The zero-order valence-electron chi connectivity index (χ0n) is 29.2. The predicted molar refractivity (Wildman–Crippen MR) is 192 cm³/mol. The van der Waals surface area contributed by atoms with Gasteiger partial charge >= 0.3 is 6.09 Å². The standard InChI is InChI=1S/C38H48N6O4/c1-8-11-15-29-16-21-32(33(26-29)47-7)44(38(46)48-35-27(4)13-12-14-28(35)5)34-22-23-39-37(41-34)40-31-19-17-30(18-20-31)36(45)42(6)24-25-43(9-2)10-3/h12-14,16-23,26H,8-11,15,24-25H2,1-7H3,(H,39,40,41). The highest BCUT2D eigenvalue weighted by molar-refractivity contribution is 5.98. The molecule has 2 amide bonds. The van der Waals surface area contributed by atoms with E-state index in [1.54, 1.807) is 36.4 Å². The molecule has 4 rings (SSSR count). The second-order valence-electron chi connectivity index (χ2n) is 11.7. The molecular formula is C38H48N6O4. The minimum absolute atomic E-state index is 0.0420. The van der Waals surface area contributed by atoms with Crippen molar-refractivity contribution >= 4 is 35.1 Å². The highest BCUT2D eigenvalue weighted by atomic mass is 16.6. The van der Waals surface area contributed by atoms with E-state index in [9.17, 15) is 9.59 Å². The first-order valence-electron chi connectivity index (χ1n) is 16.6. The summed E-state index contributed by atoms with van der Waals surface area (Å²) in [4.78, 5) is 41.6. The van der Waals surface area contributed by atoms with Gasteiger partial charge in [0.05, 0.1) is 12.8 Å². The Morgan fingerprint density at radius 1 is 0.896 bits per heavy atom. The number of ether oxygens (including phenoxy) is 2. The average Bonchev–Trinajstić information content (AvgIpc) is 3.10. The monoisotopic (exact) mass is 652 g/mol. The quantitative estimate of drug-likeness (QED) is 0.138. The molecule has 3 aromatic carbocycles. The Morgan fingerprint density at radius 2 is 1.60 bits per heavy atom. The van der Waals surface area contributed by atoms with Crippen LogP contribution in [0.3, 0.4) is 0 Å². The third kappa shape index (κ3) is 9.10. The molecule has 48 heavy (non-hydrogen) atoms. The van der Waals surface area contributed by atoms with Crippen molar-refractivity contribution in [2.75, 3.05) is 50.6 Å². The maximum absolute atomic E-state index is 14.0. The number of likely N-dealkylation sites (N-methyl/N-ethyl adjacent to an activating group) is 2. The summed E-state index contributed by atoms with van der Waals surface area (Å²) in [7, 11) is 3.41. The molecule has 0 unspecified atom stereocenters. The number of hydrogen-bond donors (Lipinski definition) is 1. The molecule has 0 fully saturated rings. The van der Waals surface area contributed by atoms with Gasteiger partial charge < -0.3 is 24.6 Å². The number of nitrogens with zero attached hydrogens (tertiary/aromatic N) is 5. The Hall–Kier alpha value is -4.96. The van der Waals surface area contributed by atoms with Crippen LogP contribution in [0.5, 0.6) is 11.5 Å². The smallest absolute Gasteiger partial charge is 0.425 e. The van der Waals surface area contributed by atoms with Gasteiger partial charge in [0.1, 0.15) is 17.3 Å². The van der Waals surface area contributed by atoms with E-state index in [1.807, 2.05) is 69.4 Å². The Balaban J connectivity index is 1.61. The van der Waals surface area contributed by atoms with Crippen LogP contribution in [0.2, 0.25) is 0 Å². The molecule has 0 aliphatic rings. The summed E-state index contributed by atoms with van der Waals surface area (Å²) in [5.74, 6) is 1.54. The number of benzene rings is 3. The van der Waals surface area contributed by atoms with Gasteiger partial charge in [-0.2, -0.15) is 4.98 Å². The Morgan fingerprint density at radius 3 is 2.25 bits per heavy atom. The van der Waals surface area contributed by atoms with Crippen LogP contribution < -0.4 is 19.7 Å². The average molecular weight is 653 g/mol. The number of rotatable bonds is 15. The van der Waals surface area contributed by atoms with Crippen molar-refractivity contribution in [3.63, 3.8) is 0 Å². The highest BCUT2D eigenvalue weighted by Gasteiger charge is 2.27. The van der Waals surface area contributed by atoms with Crippen molar-refractivity contribution < 1.29 is 19.1 Å². The van der Waals surface area contributed by atoms with Crippen LogP contribution in [0.1, 0.15) is 60.7 Å². The third-order valence-corrected chi connectivity index (χ3v) is 8.34. The molecule has 1 aromatic heterocycles. The second kappa shape index (κ2) is 17.3. The normalized spacial score (nSPS) is 10.9. The number of carbonyl (C=O) groups excluding carboxylic acids is 2. The number of aryl methyl sites for hydroxylation is 3. The van der Waals surface area contributed by atoms with Gasteiger partial charge in [-0.1, -0.05) is 51.5 Å². The number of anilines is 4. The summed E-state index contributed by atoms with van der Waals surface area (Å²) in [5, 5.41) is 3.21. The summed E-state index contributed by atoms with van der Waals surface area (Å²) in [5.41, 5.74) is 4.57. The van der Waals surface area contributed by atoms with E-state index in [0.717, 1.165) is 55.6 Å². The predicted octanol–water partition coefficient (Wildman–Crippen LogP) is 7.94. The first-order valence-corrected chi connectivity index (χ1v) is 16.6. The van der Waals surface area contributed by atoms with E-state index in [0.29, 0.717) is 40.8 Å². The molecule has 254 valence electrons. The lowest BCUT2D eigenvalue weighted by Crippen LogP contribution is -2.36. The molecule has 0 bridgehead atoms. The molecule has 0 aliphatic carbocycles. The molecule has 0 aliphatic heterocycles. The molecule has 4 aromatic rings. The van der Waals surface area contributed by atoms with Gasteiger partial charge in [-0.25, -0.2) is 14.7 Å². The Bertz CT molecular complexity index is 1650. The lowest BCUT2D eigenvalue weighted by atomic mass is 10.1. The molecule has 0 atom stereocenters. The number of para-hydroxylation sites is 1. The fourth-order valence-electron chi connectivity index (χ4n) is 5.36. The molecule has 10 heteroatoms. The van der Waals surface area contributed by atoms with Crippen molar-refractivity contribution in [1.82, 2.24) is 19.8 Å². The zero-order valence-corrected chi connectivity index (χ0v) is 29.2. The van der Waals surface area contributed by atoms with E-state index in [2.05, 4.69) is 36.0 Å². The largest absolute Gasteiger partial charge is 0.495 e. The molecule has 10 nitrogen and oxygen atoms in total. The van der Waals surface area contributed by atoms with Gasteiger partial charge in [-0.3, -0.25) is 4.79 Å². The molecule has 0 radical (unpaired) electrons. The molecule has 0 spiro atoms. The number of hydrogen-bond acceptors (Lipinski definition) is 8. The number of methoxy groups -OCH3 is 1. The molecule has 0 saturated carbocycles. The number of carbonyl (C=O) groups is 2. The molecule has 1 heterocycles. The van der Waals surface area contributed by atoms with Crippen molar-refractivity contribution in [2.24, 2.45) is 0 Å². The van der Waals surface area contributed by atoms with Gasteiger partial charge in [0.25, 0.3) is 5.91 Å². The maximum Gasteiger partial charge on any atom is 0.425 e. The lowest BCUT2D eigenvalue weighted by molar-refractivity contribution is 0.0779. The fourth-order valence-corrected chi connectivity index (χ4v) is 5.36. The summed E-state index contributed by atoms with van der Waals surface area (Å²) in [6.07, 6.45) is 3.96. The second-order valence-corrected chi connectivity index (χ2v) is 11.7. The first kappa shape index (κ1) is 35.9. The van der Waals surface area contributed by atoms with Gasteiger partial charge in [-0.15, -0.1) is 0 Å². The minimum atomic E-state index is -0.635. The van der Waals surface area contributed by atoms with Crippen LogP contribution in [0.25, 0.3) is 0 Å². The Kier molecular flexibility index (Phi) is 12.9. The summed E-state index contributed by atoms with van der Waals surface area (Å²) < 4.78 is 11.8. The van der Waals surface area contributed by atoms with Crippen molar-refractivity contribution in [3.8, 4) is 11.5 Å². The van der Waals surface area contributed by atoms with Gasteiger partial charge in [0.15, 0.2) is 0 Å². The highest BCUT2D eigenvalue weighted by Crippen LogP contribution is 2.36. The van der Waals surface area contributed by atoms with Crippen LogP contribution in [0.15, 0.2) is 72.9 Å². The van der Waals surface area contributed by atoms with E-state index >= 15 is 0 Å². The van der Waals surface area contributed by atoms with Crippen LogP contribution in [-0.2, 0) is 6.42 Å². The SMILES string of the molecule is CCCCc1ccc(N(C(=O)Oc2c(C)cccc2C)c2ccnc(Nc3ccc(C(=O)N(C)CCN(CC)CC)cc3)n2)c(OC)c1. The number of unbranched alkanes of at least 4 members (excludes halogenated alkanes) is 1. The number of nitrogens with one attached hydrogen (secondary N) is 1. The van der Waals surface area contributed by atoms with Crippen LogP contribution >= 0.6 is 0 Å². The van der Waals surface area contributed by atoms with Gasteiger partial charge in [0.2, 0.25) is 5.95 Å². The number of aromatic nitrogens is 2. The van der Waals surface area contributed by atoms with Crippen LogP contribution in [-0.4, -0.2) is 72.1 Å². The summed E-state index contributed by atoms with van der Waals surface area (Å²) in [6.45, 7) is 13.6. The maximum atomic E-state index is 14.0. The zero-order chi connectivity index (χ0) is 34.6. The summed E-state index contributed by atoms with van der Waals surface area (Å²) >= 11 is 0.